The van der Waals surface area contributed by atoms with E-state index in [0.29, 0.717) is 18.9 Å². The summed E-state index contributed by atoms with van der Waals surface area (Å²) in [5.74, 6) is 0.713. The maximum atomic E-state index is 9.41. The van der Waals surface area contributed by atoms with Crippen LogP contribution < -0.4 is 0 Å². The predicted molar refractivity (Wildman–Crippen MR) is 61.4 cm³/mol. The fourth-order valence-electron chi connectivity index (χ4n) is 1.63. The number of methoxy groups -OCH3 is 1. The summed E-state index contributed by atoms with van der Waals surface area (Å²) in [5, 5.41) is 13.4. The highest BCUT2D eigenvalue weighted by atomic mass is 16.5. The third-order valence-corrected chi connectivity index (χ3v) is 2.49. The summed E-state index contributed by atoms with van der Waals surface area (Å²) < 4.78 is 12.0. The molecule has 0 spiro atoms. The first-order chi connectivity index (χ1) is 8.19. The van der Waals surface area contributed by atoms with Crippen molar-refractivity contribution in [3.63, 3.8) is 0 Å². The number of hydrogen-bond donors (Lipinski definition) is 1. The predicted octanol–water partition coefficient (Wildman–Crippen LogP) is 1.72. The van der Waals surface area contributed by atoms with Gasteiger partial charge in [0, 0.05) is 25.6 Å². The summed E-state index contributed by atoms with van der Waals surface area (Å²) >= 11 is 0. The van der Waals surface area contributed by atoms with Crippen LogP contribution in [-0.4, -0.2) is 21.9 Å². The molecule has 0 radical (unpaired) electrons. The van der Waals surface area contributed by atoms with Crippen molar-refractivity contribution in [3.05, 3.63) is 41.5 Å². The molecule has 0 aromatic carbocycles. The van der Waals surface area contributed by atoms with E-state index in [-0.39, 0.29) is 0 Å². The van der Waals surface area contributed by atoms with Gasteiger partial charge in [-0.15, -0.1) is 0 Å². The van der Waals surface area contributed by atoms with E-state index < -0.39 is 6.10 Å². The number of rotatable bonds is 5. The van der Waals surface area contributed by atoms with Crippen molar-refractivity contribution in [2.75, 3.05) is 7.11 Å². The minimum absolute atomic E-state index is 0.428. The average Bonchev–Trinajstić information content (AvgIpc) is 2.89. The maximum Gasteiger partial charge on any atom is 0.162 e. The van der Waals surface area contributed by atoms with Crippen LogP contribution in [0.25, 0.3) is 0 Å². The summed E-state index contributed by atoms with van der Waals surface area (Å²) in [6, 6.07) is 3.76. The van der Waals surface area contributed by atoms with Crippen LogP contribution in [0.4, 0.5) is 0 Å². The quantitative estimate of drug-likeness (QED) is 0.858. The average molecular weight is 236 g/mol. The molecule has 5 nitrogen and oxygen atoms in total. The monoisotopic (exact) mass is 236 g/mol. The van der Waals surface area contributed by atoms with Gasteiger partial charge in [0.2, 0.25) is 0 Å². The molecular weight excluding hydrogens is 220 g/mol. The van der Waals surface area contributed by atoms with Gasteiger partial charge in [0.25, 0.3) is 0 Å². The first-order valence-corrected chi connectivity index (χ1v) is 5.46. The lowest BCUT2D eigenvalue weighted by molar-refractivity contribution is 0.155. The fourth-order valence-corrected chi connectivity index (χ4v) is 1.63. The summed E-state index contributed by atoms with van der Waals surface area (Å²) in [6.07, 6.45) is 3.36. The molecular formula is C12H16N2O3. The molecule has 2 heterocycles. The van der Waals surface area contributed by atoms with Crippen molar-refractivity contribution in [2.24, 2.45) is 0 Å². The molecule has 5 heteroatoms. The molecule has 17 heavy (non-hydrogen) atoms. The van der Waals surface area contributed by atoms with Crippen LogP contribution in [0, 0.1) is 0 Å². The second-order valence-electron chi connectivity index (χ2n) is 4.01. The van der Waals surface area contributed by atoms with Crippen molar-refractivity contribution in [1.29, 1.82) is 0 Å². The number of aliphatic hydroxyl groups excluding tert-OH is 1. The van der Waals surface area contributed by atoms with Gasteiger partial charge in [-0.3, -0.25) is 0 Å². The first-order valence-electron chi connectivity index (χ1n) is 5.46. The van der Waals surface area contributed by atoms with E-state index in [0.717, 1.165) is 11.3 Å². The van der Waals surface area contributed by atoms with Crippen LogP contribution in [0.3, 0.4) is 0 Å². The highest BCUT2D eigenvalue weighted by Gasteiger charge is 2.06. The number of nitrogens with zero attached hydrogens (tertiary/aromatic N) is 2. The molecule has 2 rings (SSSR count). The van der Waals surface area contributed by atoms with Crippen molar-refractivity contribution in [1.82, 2.24) is 9.72 Å². The lowest BCUT2D eigenvalue weighted by Gasteiger charge is -2.00. The molecule has 1 unspecified atom stereocenters. The highest BCUT2D eigenvalue weighted by molar-refractivity contribution is 5.14. The standard InChI is InChI=1S/C12H16N2O3/c1-9(15)10-3-4-14(6-10)7-11-5-12(8-16-2)17-13-11/h3-6,9,15H,7-8H2,1-2H3. The lowest BCUT2D eigenvalue weighted by atomic mass is 10.2. The Morgan fingerprint density at radius 1 is 1.59 bits per heavy atom. The van der Waals surface area contributed by atoms with Crippen LogP contribution in [0.15, 0.2) is 29.0 Å². The normalized spacial score (nSPS) is 12.9. The Balaban J connectivity index is 2.03. The minimum atomic E-state index is -0.447. The minimum Gasteiger partial charge on any atom is -0.389 e. The van der Waals surface area contributed by atoms with Crippen molar-refractivity contribution < 1.29 is 14.4 Å². The molecule has 0 aliphatic carbocycles. The van der Waals surface area contributed by atoms with Crippen molar-refractivity contribution >= 4 is 0 Å². The van der Waals surface area contributed by atoms with Gasteiger partial charge in [-0.25, -0.2) is 0 Å². The van der Waals surface area contributed by atoms with Crippen molar-refractivity contribution in [2.45, 2.75) is 26.2 Å². The van der Waals surface area contributed by atoms with Crippen LogP contribution in [0.2, 0.25) is 0 Å². The smallest absolute Gasteiger partial charge is 0.162 e. The molecule has 0 aliphatic heterocycles. The molecule has 0 saturated carbocycles. The van der Waals surface area contributed by atoms with E-state index in [9.17, 15) is 5.11 Å². The molecule has 2 aromatic heterocycles. The first kappa shape index (κ1) is 11.9. The second kappa shape index (κ2) is 5.16. The topological polar surface area (TPSA) is 60.4 Å². The van der Waals surface area contributed by atoms with E-state index in [4.69, 9.17) is 9.26 Å². The van der Waals surface area contributed by atoms with Crippen LogP contribution in [0.5, 0.6) is 0 Å². The Morgan fingerprint density at radius 2 is 2.41 bits per heavy atom. The Hall–Kier alpha value is -1.59. The summed E-state index contributed by atoms with van der Waals surface area (Å²) in [5.41, 5.74) is 1.73. The summed E-state index contributed by atoms with van der Waals surface area (Å²) in [7, 11) is 1.61. The Labute approximate surface area is 99.6 Å². The van der Waals surface area contributed by atoms with Gasteiger partial charge in [0.15, 0.2) is 5.76 Å². The number of hydrogen-bond acceptors (Lipinski definition) is 4. The van der Waals surface area contributed by atoms with Gasteiger partial charge >= 0.3 is 0 Å². The SMILES string of the molecule is COCc1cc(Cn2ccc(C(C)O)c2)no1. The lowest BCUT2D eigenvalue weighted by Crippen LogP contribution is -1.97. The van der Waals surface area contributed by atoms with Crippen LogP contribution in [0.1, 0.15) is 30.0 Å². The van der Waals surface area contributed by atoms with Crippen molar-refractivity contribution in [3.8, 4) is 0 Å². The van der Waals surface area contributed by atoms with Gasteiger partial charge in [0.05, 0.1) is 12.6 Å². The summed E-state index contributed by atoms with van der Waals surface area (Å²) in [6.45, 7) is 2.80. The molecule has 0 fully saturated rings. The van der Waals surface area contributed by atoms with Crippen LogP contribution in [-0.2, 0) is 17.9 Å². The molecule has 2 aromatic rings. The van der Waals surface area contributed by atoms with E-state index in [1.54, 1.807) is 14.0 Å². The molecule has 0 saturated heterocycles. The zero-order valence-electron chi connectivity index (χ0n) is 9.96. The van der Waals surface area contributed by atoms with Gasteiger partial charge in [-0.05, 0) is 18.6 Å². The maximum absolute atomic E-state index is 9.41. The number of aliphatic hydroxyl groups is 1. The molecule has 1 atom stereocenters. The van der Waals surface area contributed by atoms with E-state index in [1.807, 2.05) is 29.1 Å². The molecule has 0 aliphatic rings. The Morgan fingerprint density at radius 3 is 3.06 bits per heavy atom. The largest absolute Gasteiger partial charge is 0.389 e. The van der Waals surface area contributed by atoms with E-state index >= 15 is 0 Å². The number of aromatic nitrogens is 2. The van der Waals surface area contributed by atoms with Gasteiger partial charge in [-0.1, -0.05) is 5.16 Å². The van der Waals surface area contributed by atoms with Gasteiger partial charge in [0.1, 0.15) is 12.3 Å². The third-order valence-electron chi connectivity index (χ3n) is 2.49. The molecule has 92 valence electrons. The molecule has 1 N–H and O–H groups in total. The second-order valence-corrected chi connectivity index (χ2v) is 4.01. The Kier molecular flexibility index (Phi) is 3.61. The van der Waals surface area contributed by atoms with Gasteiger partial charge < -0.3 is 18.9 Å². The van der Waals surface area contributed by atoms with E-state index in [1.165, 1.54) is 0 Å². The van der Waals surface area contributed by atoms with E-state index in [2.05, 4.69) is 5.16 Å². The third kappa shape index (κ3) is 2.95. The number of ether oxygens (including phenoxy) is 1. The molecule has 0 bridgehead atoms. The fraction of sp³-hybridized carbons (Fsp3) is 0.417. The molecule has 0 amide bonds. The Bertz CT molecular complexity index is 474. The highest BCUT2D eigenvalue weighted by Crippen LogP contribution is 2.13. The zero-order valence-corrected chi connectivity index (χ0v) is 9.96. The summed E-state index contributed by atoms with van der Waals surface area (Å²) in [4.78, 5) is 0. The zero-order chi connectivity index (χ0) is 12.3. The van der Waals surface area contributed by atoms with Gasteiger partial charge in [-0.2, -0.15) is 0 Å². The van der Waals surface area contributed by atoms with Crippen LogP contribution >= 0.6 is 0 Å².